The molecule has 0 aliphatic rings. The maximum atomic E-state index is 12.5. The van der Waals surface area contributed by atoms with Gasteiger partial charge in [-0.3, -0.25) is 4.79 Å². The molecule has 0 saturated carbocycles. The normalized spacial score (nSPS) is 10.6. The predicted molar refractivity (Wildman–Crippen MR) is 88.1 cm³/mol. The van der Waals surface area contributed by atoms with E-state index >= 15 is 0 Å². The molecule has 0 bridgehead atoms. The van der Waals surface area contributed by atoms with E-state index in [9.17, 15) is 13.6 Å². The zero-order valence-corrected chi connectivity index (χ0v) is 13.2. The first-order valence-electron chi connectivity index (χ1n) is 7.16. The number of carbonyl (C=O) groups is 1. The lowest BCUT2D eigenvalue weighted by molar-refractivity contribution is -0.116. The molecule has 0 unspecified atom stereocenters. The molecule has 0 saturated heterocycles. The summed E-state index contributed by atoms with van der Waals surface area (Å²) >= 11 is 0.420. The van der Waals surface area contributed by atoms with Crippen molar-refractivity contribution in [1.29, 1.82) is 0 Å². The molecule has 1 amide bonds. The summed E-state index contributed by atoms with van der Waals surface area (Å²) in [6, 6.07) is 15.9. The van der Waals surface area contributed by atoms with E-state index in [1.807, 2.05) is 30.3 Å². The molecule has 1 N–H and O–H groups in total. The van der Waals surface area contributed by atoms with E-state index in [4.69, 9.17) is 4.74 Å². The zero-order chi connectivity index (χ0) is 16.5. The molecule has 2 aromatic carbocycles. The second-order valence-corrected chi connectivity index (χ2v) is 5.72. The summed E-state index contributed by atoms with van der Waals surface area (Å²) < 4.78 is 30.5. The van der Waals surface area contributed by atoms with Crippen LogP contribution in [0.4, 0.5) is 14.5 Å². The molecule has 2 rings (SSSR count). The van der Waals surface area contributed by atoms with Gasteiger partial charge in [0, 0.05) is 11.3 Å². The first-order valence-corrected chi connectivity index (χ1v) is 8.04. The fraction of sp³-hybridized carbons (Fsp3) is 0.235. The van der Waals surface area contributed by atoms with E-state index in [1.165, 1.54) is 0 Å². The number of nitrogens with one attached hydrogen (secondary N) is 1. The van der Waals surface area contributed by atoms with Gasteiger partial charge in [-0.1, -0.05) is 42.1 Å². The number of hydrogen-bond donors (Lipinski definition) is 1. The second kappa shape index (κ2) is 9.15. The molecule has 0 heterocycles. The van der Waals surface area contributed by atoms with E-state index in [2.05, 4.69) is 5.32 Å². The Labute approximate surface area is 138 Å². The summed E-state index contributed by atoms with van der Waals surface area (Å²) in [5.74, 6) is -1.98. The largest absolute Gasteiger partial charge is 0.494 e. The van der Waals surface area contributed by atoms with E-state index in [0.29, 0.717) is 35.4 Å². The summed E-state index contributed by atoms with van der Waals surface area (Å²) in [6.45, 7) is 0.421. The summed E-state index contributed by atoms with van der Waals surface area (Å²) in [6.07, 6.45) is 0.811. The van der Waals surface area contributed by atoms with Crippen molar-refractivity contribution < 1.29 is 18.3 Å². The molecule has 0 spiro atoms. The van der Waals surface area contributed by atoms with Crippen molar-refractivity contribution in [2.45, 2.75) is 23.5 Å². The average molecular weight is 337 g/mol. The Kier molecular flexibility index (Phi) is 6.87. The average Bonchev–Trinajstić information content (AvgIpc) is 2.54. The van der Waals surface area contributed by atoms with Crippen molar-refractivity contribution >= 4 is 23.4 Å². The van der Waals surface area contributed by atoms with Crippen molar-refractivity contribution in [3.63, 3.8) is 0 Å². The van der Waals surface area contributed by atoms with Crippen LogP contribution >= 0.6 is 11.8 Å². The van der Waals surface area contributed by atoms with Crippen LogP contribution in [0.25, 0.3) is 0 Å². The molecule has 122 valence electrons. The lowest BCUT2D eigenvalue weighted by Crippen LogP contribution is -2.13. The molecule has 23 heavy (non-hydrogen) atoms. The van der Waals surface area contributed by atoms with Gasteiger partial charge < -0.3 is 10.1 Å². The van der Waals surface area contributed by atoms with E-state index in [0.717, 1.165) is 5.75 Å². The van der Waals surface area contributed by atoms with Crippen molar-refractivity contribution in [2.24, 2.45) is 0 Å². The minimum absolute atomic E-state index is 0.219. The Balaban J connectivity index is 1.76. The lowest BCUT2D eigenvalue weighted by atomic mass is 10.2. The van der Waals surface area contributed by atoms with Crippen LogP contribution in [0.1, 0.15) is 12.8 Å². The summed E-state index contributed by atoms with van der Waals surface area (Å²) in [5, 5.41) is 2.67. The van der Waals surface area contributed by atoms with Crippen molar-refractivity contribution in [3.05, 3.63) is 54.6 Å². The van der Waals surface area contributed by atoms with Crippen molar-refractivity contribution in [2.75, 3.05) is 11.9 Å². The first-order chi connectivity index (χ1) is 11.1. The molecule has 3 nitrogen and oxygen atoms in total. The minimum atomic E-state index is -2.52. The molecule has 6 heteroatoms. The minimum Gasteiger partial charge on any atom is -0.494 e. The Hall–Kier alpha value is -2.08. The highest BCUT2D eigenvalue weighted by Gasteiger charge is 2.11. The number of benzene rings is 2. The number of halogens is 2. The van der Waals surface area contributed by atoms with Gasteiger partial charge in [0.15, 0.2) is 0 Å². The van der Waals surface area contributed by atoms with Gasteiger partial charge >= 0.3 is 0 Å². The van der Waals surface area contributed by atoms with E-state index in [1.54, 1.807) is 24.3 Å². The van der Waals surface area contributed by atoms with Crippen LogP contribution < -0.4 is 10.1 Å². The number of amides is 1. The smallest absolute Gasteiger partial charge is 0.288 e. The van der Waals surface area contributed by atoms with Gasteiger partial charge in [-0.25, -0.2) is 0 Å². The van der Waals surface area contributed by atoms with Gasteiger partial charge in [-0.2, -0.15) is 8.78 Å². The van der Waals surface area contributed by atoms with Crippen LogP contribution in [-0.4, -0.2) is 18.3 Å². The summed E-state index contributed by atoms with van der Waals surface area (Å²) in [5.41, 5.74) is 0.409. The van der Waals surface area contributed by atoms with Gasteiger partial charge in [-0.05, 0) is 30.7 Å². The van der Waals surface area contributed by atoms with Gasteiger partial charge in [0.25, 0.3) is 5.76 Å². The van der Waals surface area contributed by atoms with Crippen LogP contribution in [0.3, 0.4) is 0 Å². The molecule has 2 aromatic rings. The Morgan fingerprint density at radius 3 is 2.52 bits per heavy atom. The maximum absolute atomic E-state index is 12.5. The topological polar surface area (TPSA) is 38.3 Å². The van der Waals surface area contributed by atoms with Crippen LogP contribution in [0.2, 0.25) is 0 Å². The zero-order valence-electron chi connectivity index (χ0n) is 12.4. The third kappa shape index (κ3) is 6.28. The van der Waals surface area contributed by atoms with Crippen LogP contribution in [0.15, 0.2) is 59.5 Å². The summed E-state index contributed by atoms with van der Waals surface area (Å²) in [4.78, 5) is 12.3. The van der Waals surface area contributed by atoms with Crippen molar-refractivity contribution in [1.82, 2.24) is 0 Å². The van der Waals surface area contributed by atoms with Crippen LogP contribution in [-0.2, 0) is 4.79 Å². The molecular weight excluding hydrogens is 320 g/mol. The molecule has 0 fully saturated rings. The number of hydrogen-bond acceptors (Lipinski definition) is 3. The number of carbonyl (C=O) groups excluding carboxylic acids is 1. The number of anilines is 1. The Morgan fingerprint density at radius 2 is 1.78 bits per heavy atom. The highest BCUT2D eigenvalue weighted by atomic mass is 32.2. The molecular formula is C17H17F2NO2S. The number of rotatable bonds is 8. The number of alkyl halides is 2. The van der Waals surface area contributed by atoms with E-state index < -0.39 is 5.76 Å². The number of thioether (sulfide) groups is 1. The highest BCUT2D eigenvalue weighted by Crippen LogP contribution is 2.31. The highest BCUT2D eigenvalue weighted by molar-refractivity contribution is 7.99. The van der Waals surface area contributed by atoms with Gasteiger partial charge in [0.05, 0.1) is 12.3 Å². The third-order valence-electron chi connectivity index (χ3n) is 2.94. The van der Waals surface area contributed by atoms with Gasteiger partial charge in [0.1, 0.15) is 5.75 Å². The SMILES string of the molecule is O=C(CCCOc1ccccc1)Nc1ccccc1SC(F)F. The number of ether oxygens (including phenoxy) is 1. The second-order valence-electron chi connectivity index (χ2n) is 4.69. The monoisotopic (exact) mass is 337 g/mol. The molecule has 0 aromatic heterocycles. The third-order valence-corrected chi connectivity index (χ3v) is 3.73. The fourth-order valence-electron chi connectivity index (χ4n) is 1.92. The predicted octanol–water partition coefficient (Wildman–Crippen LogP) is 4.80. The lowest BCUT2D eigenvalue weighted by Gasteiger charge is -2.10. The van der Waals surface area contributed by atoms with Crippen LogP contribution in [0.5, 0.6) is 5.75 Å². The molecule has 0 radical (unpaired) electrons. The van der Waals surface area contributed by atoms with Gasteiger partial charge in [-0.15, -0.1) is 0 Å². The Bertz CT molecular complexity index is 623. The molecule has 0 atom stereocenters. The van der Waals surface area contributed by atoms with Crippen molar-refractivity contribution in [3.8, 4) is 5.75 Å². The van der Waals surface area contributed by atoms with Crippen LogP contribution in [0, 0.1) is 0 Å². The molecule has 0 aliphatic carbocycles. The van der Waals surface area contributed by atoms with Gasteiger partial charge in [0.2, 0.25) is 5.91 Å². The van der Waals surface area contributed by atoms with E-state index in [-0.39, 0.29) is 12.3 Å². The quantitative estimate of drug-likeness (QED) is 0.555. The Morgan fingerprint density at radius 1 is 1.09 bits per heavy atom. The number of para-hydroxylation sites is 2. The fourth-order valence-corrected chi connectivity index (χ4v) is 2.52. The summed E-state index contributed by atoms with van der Waals surface area (Å²) in [7, 11) is 0. The first kappa shape index (κ1) is 17.3. The standard InChI is InChI=1S/C17H17F2NO2S/c18-17(19)23-15-10-5-4-9-14(15)20-16(21)11-6-12-22-13-7-2-1-3-8-13/h1-5,7-10,17H,6,11-12H2,(H,20,21). The maximum Gasteiger partial charge on any atom is 0.288 e. The molecule has 0 aliphatic heterocycles.